The van der Waals surface area contributed by atoms with Gasteiger partial charge in [0.15, 0.2) is 12.2 Å². The van der Waals surface area contributed by atoms with Crippen LogP contribution >= 0.6 is 0 Å². The second kappa shape index (κ2) is 6.79. The standard InChI is InChI=1S/C18H15NO4/c20-15-12-22-17(19-14-9-5-2-6-10-14)16(15)18(21)23-11-13-7-3-1-4-8-13/h1-10,19H,11-12H2. The molecule has 2 aromatic rings. The molecule has 0 aliphatic carbocycles. The quantitative estimate of drug-likeness (QED) is 0.679. The average Bonchev–Trinajstić information content (AvgIpc) is 2.95. The molecule has 0 spiro atoms. The van der Waals surface area contributed by atoms with Gasteiger partial charge >= 0.3 is 5.97 Å². The fourth-order valence-corrected chi connectivity index (χ4v) is 2.16. The zero-order valence-corrected chi connectivity index (χ0v) is 12.3. The van der Waals surface area contributed by atoms with Crippen molar-refractivity contribution in [3.05, 3.63) is 77.7 Å². The fraction of sp³-hybridized carbons (Fsp3) is 0.111. The Morgan fingerprint density at radius 1 is 1.04 bits per heavy atom. The summed E-state index contributed by atoms with van der Waals surface area (Å²) < 4.78 is 10.5. The maximum atomic E-state index is 12.2. The molecular weight excluding hydrogens is 294 g/mol. The topological polar surface area (TPSA) is 64.6 Å². The van der Waals surface area contributed by atoms with Gasteiger partial charge in [-0.25, -0.2) is 4.79 Å². The third-order valence-electron chi connectivity index (χ3n) is 3.30. The average molecular weight is 309 g/mol. The molecule has 0 saturated heterocycles. The molecule has 2 aromatic carbocycles. The summed E-state index contributed by atoms with van der Waals surface area (Å²) in [5.41, 5.74) is 1.50. The van der Waals surface area contributed by atoms with Crippen molar-refractivity contribution < 1.29 is 19.1 Å². The lowest BCUT2D eigenvalue weighted by molar-refractivity contribution is -0.141. The minimum Gasteiger partial charge on any atom is -0.470 e. The Morgan fingerprint density at radius 3 is 2.39 bits per heavy atom. The second-order valence-corrected chi connectivity index (χ2v) is 4.97. The highest BCUT2D eigenvalue weighted by molar-refractivity contribution is 6.19. The van der Waals surface area contributed by atoms with Crippen LogP contribution < -0.4 is 5.32 Å². The van der Waals surface area contributed by atoms with Gasteiger partial charge in [0.25, 0.3) is 0 Å². The number of ether oxygens (including phenoxy) is 2. The number of para-hydroxylation sites is 1. The summed E-state index contributed by atoms with van der Waals surface area (Å²) in [7, 11) is 0. The molecule has 23 heavy (non-hydrogen) atoms. The van der Waals surface area contributed by atoms with E-state index in [0.717, 1.165) is 11.3 Å². The number of carbonyl (C=O) groups excluding carboxylic acids is 2. The summed E-state index contributed by atoms with van der Waals surface area (Å²) >= 11 is 0. The minimum atomic E-state index is -0.685. The zero-order chi connectivity index (χ0) is 16.1. The minimum absolute atomic E-state index is 0.0789. The van der Waals surface area contributed by atoms with E-state index in [2.05, 4.69) is 5.32 Å². The van der Waals surface area contributed by atoms with E-state index in [1.54, 1.807) is 0 Å². The van der Waals surface area contributed by atoms with Gasteiger partial charge in [0, 0.05) is 5.69 Å². The first-order valence-electron chi connectivity index (χ1n) is 7.17. The second-order valence-electron chi connectivity index (χ2n) is 4.97. The van der Waals surface area contributed by atoms with Crippen LogP contribution in [0.5, 0.6) is 0 Å². The first-order valence-corrected chi connectivity index (χ1v) is 7.17. The van der Waals surface area contributed by atoms with E-state index in [-0.39, 0.29) is 30.5 Å². The van der Waals surface area contributed by atoms with E-state index < -0.39 is 5.97 Å². The van der Waals surface area contributed by atoms with Crippen molar-refractivity contribution >= 4 is 17.4 Å². The molecule has 116 valence electrons. The summed E-state index contributed by atoms with van der Waals surface area (Å²) in [6.07, 6.45) is 0. The van der Waals surface area contributed by atoms with Gasteiger partial charge < -0.3 is 14.8 Å². The third kappa shape index (κ3) is 3.58. The molecule has 0 aromatic heterocycles. The monoisotopic (exact) mass is 309 g/mol. The largest absolute Gasteiger partial charge is 0.470 e. The van der Waals surface area contributed by atoms with Gasteiger partial charge in [-0.15, -0.1) is 0 Å². The Kier molecular flexibility index (Phi) is 4.38. The highest BCUT2D eigenvalue weighted by Gasteiger charge is 2.32. The van der Waals surface area contributed by atoms with Gasteiger partial charge in [0.05, 0.1) is 0 Å². The highest BCUT2D eigenvalue weighted by atomic mass is 16.5. The molecule has 0 radical (unpaired) electrons. The molecular formula is C18H15NO4. The van der Waals surface area contributed by atoms with Crippen molar-refractivity contribution in [3.8, 4) is 0 Å². The lowest BCUT2D eigenvalue weighted by Gasteiger charge is -2.09. The molecule has 0 saturated carbocycles. The number of Topliss-reactive ketones (excluding diaryl/α,β-unsaturated/α-hetero) is 1. The lowest BCUT2D eigenvalue weighted by Crippen LogP contribution is -2.16. The molecule has 0 fully saturated rings. The van der Waals surface area contributed by atoms with Crippen LogP contribution in [0.3, 0.4) is 0 Å². The van der Waals surface area contributed by atoms with Gasteiger partial charge in [-0.2, -0.15) is 0 Å². The number of hydrogen-bond donors (Lipinski definition) is 1. The molecule has 0 bridgehead atoms. The van der Waals surface area contributed by atoms with Crippen LogP contribution in [-0.4, -0.2) is 18.4 Å². The van der Waals surface area contributed by atoms with E-state index in [9.17, 15) is 9.59 Å². The Morgan fingerprint density at radius 2 is 1.70 bits per heavy atom. The number of rotatable bonds is 5. The maximum Gasteiger partial charge on any atom is 0.347 e. The molecule has 1 aliphatic heterocycles. The van der Waals surface area contributed by atoms with Crippen LogP contribution in [0.1, 0.15) is 5.56 Å². The van der Waals surface area contributed by atoms with E-state index in [1.807, 2.05) is 60.7 Å². The van der Waals surface area contributed by atoms with Gasteiger partial charge in [-0.3, -0.25) is 4.79 Å². The van der Waals surface area contributed by atoms with Crippen molar-refractivity contribution in [1.82, 2.24) is 0 Å². The van der Waals surface area contributed by atoms with Crippen LogP contribution in [0.4, 0.5) is 5.69 Å². The maximum absolute atomic E-state index is 12.2. The van der Waals surface area contributed by atoms with Gasteiger partial charge in [0.1, 0.15) is 6.61 Å². The fourth-order valence-electron chi connectivity index (χ4n) is 2.16. The summed E-state index contributed by atoms with van der Waals surface area (Å²) in [5.74, 6) is -0.935. The molecule has 3 rings (SSSR count). The van der Waals surface area contributed by atoms with Gasteiger partial charge in [-0.1, -0.05) is 48.5 Å². The van der Waals surface area contributed by atoms with E-state index in [1.165, 1.54) is 0 Å². The number of esters is 1. The number of hydrogen-bond acceptors (Lipinski definition) is 5. The number of benzene rings is 2. The normalized spacial score (nSPS) is 13.7. The van der Waals surface area contributed by atoms with Crippen LogP contribution in [0, 0.1) is 0 Å². The van der Waals surface area contributed by atoms with Crippen molar-refractivity contribution in [3.63, 3.8) is 0 Å². The number of ketones is 1. The summed E-state index contributed by atoms with van der Waals surface area (Å²) in [6.45, 7) is -0.0555. The summed E-state index contributed by atoms with van der Waals surface area (Å²) in [6, 6.07) is 18.5. The summed E-state index contributed by atoms with van der Waals surface area (Å²) in [5, 5.41) is 2.94. The van der Waals surface area contributed by atoms with Crippen molar-refractivity contribution in [2.45, 2.75) is 6.61 Å². The van der Waals surface area contributed by atoms with Gasteiger partial charge in [0.2, 0.25) is 11.7 Å². The molecule has 0 unspecified atom stereocenters. The molecule has 1 heterocycles. The Bertz CT molecular complexity index is 738. The van der Waals surface area contributed by atoms with E-state index in [0.29, 0.717) is 0 Å². The predicted molar refractivity (Wildman–Crippen MR) is 84.3 cm³/mol. The Balaban J connectivity index is 1.73. The first-order chi connectivity index (χ1) is 11.2. The molecule has 5 heteroatoms. The number of anilines is 1. The van der Waals surface area contributed by atoms with E-state index >= 15 is 0 Å². The predicted octanol–water partition coefficient (Wildman–Crippen LogP) is 2.65. The summed E-state index contributed by atoms with van der Waals surface area (Å²) in [4.78, 5) is 24.1. The third-order valence-corrected chi connectivity index (χ3v) is 3.30. The molecule has 0 atom stereocenters. The molecule has 1 N–H and O–H groups in total. The van der Waals surface area contributed by atoms with Crippen LogP contribution in [0.2, 0.25) is 0 Å². The van der Waals surface area contributed by atoms with Crippen molar-refractivity contribution in [2.24, 2.45) is 0 Å². The molecule has 0 amide bonds. The smallest absolute Gasteiger partial charge is 0.347 e. The number of carbonyl (C=O) groups is 2. The van der Waals surface area contributed by atoms with Crippen molar-refractivity contribution in [1.29, 1.82) is 0 Å². The SMILES string of the molecule is O=C1COC(Nc2ccccc2)=C1C(=O)OCc1ccccc1. The Hall–Kier alpha value is -3.08. The lowest BCUT2D eigenvalue weighted by atomic mass is 10.2. The van der Waals surface area contributed by atoms with Crippen molar-refractivity contribution in [2.75, 3.05) is 11.9 Å². The van der Waals surface area contributed by atoms with Crippen LogP contribution in [0.25, 0.3) is 0 Å². The van der Waals surface area contributed by atoms with Crippen LogP contribution in [-0.2, 0) is 25.7 Å². The Labute approximate surface area is 133 Å². The molecule has 1 aliphatic rings. The number of nitrogens with one attached hydrogen (secondary N) is 1. The van der Waals surface area contributed by atoms with Crippen LogP contribution in [0.15, 0.2) is 72.1 Å². The zero-order valence-electron chi connectivity index (χ0n) is 12.3. The van der Waals surface area contributed by atoms with E-state index in [4.69, 9.17) is 9.47 Å². The van der Waals surface area contributed by atoms with Gasteiger partial charge in [-0.05, 0) is 17.7 Å². The first kappa shape index (κ1) is 14.8. The molecule has 5 nitrogen and oxygen atoms in total. The highest BCUT2D eigenvalue weighted by Crippen LogP contribution is 2.21.